The smallest absolute Gasteiger partial charge is 0.227 e. The third-order valence-electron chi connectivity index (χ3n) is 2.18. The minimum atomic E-state index is -0.529. The molecule has 0 bridgehead atoms. The van der Waals surface area contributed by atoms with E-state index in [1.54, 1.807) is 7.05 Å². The van der Waals surface area contributed by atoms with E-state index in [2.05, 4.69) is 29.5 Å². The minimum Gasteiger partial charge on any atom is -0.370 e. The van der Waals surface area contributed by atoms with Crippen molar-refractivity contribution in [3.05, 3.63) is 0 Å². The number of guanidine groups is 1. The van der Waals surface area contributed by atoms with Crippen LogP contribution >= 0.6 is 24.0 Å². The van der Waals surface area contributed by atoms with Crippen LogP contribution in [0.5, 0.6) is 0 Å². The van der Waals surface area contributed by atoms with Crippen LogP contribution in [0.2, 0.25) is 0 Å². The van der Waals surface area contributed by atoms with Crippen LogP contribution in [0.1, 0.15) is 27.7 Å². The van der Waals surface area contributed by atoms with Crippen molar-refractivity contribution in [3.63, 3.8) is 0 Å². The van der Waals surface area contributed by atoms with Gasteiger partial charge in [0, 0.05) is 13.6 Å². The molecular formula is C11H25IN4O. The number of hydrogen-bond donors (Lipinski definition) is 3. The van der Waals surface area contributed by atoms with Crippen LogP contribution < -0.4 is 16.4 Å². The summed E-state index contributed by atoms with van der Waals surface area (Å²) in [5.41, 5.74) is 5.15. The molecule has 0 fully saturated rings. The monoisotopic (exact) mass is 356 g/mol. The van der Waals surface area contributed by atoms with Crippen molar-refractivity contribution in [2.45, 2.75) is 27.7 Å². The molecule has 0 aromatic heterocycles. The van der Waals surface area contributed by atoms with Crippen molar-refractivity contribution < 1.29 is 4.79 Å². The third-order valence-corrected chi connectivity index (χ3v) is 2.18. The average Bonchev–Trinajstić information content (AvgIpc) is 2.22. The lowest BCUT2D eigenvalue weighted by molar-refractivity contribution is -0.128. The summed E-state index contributed by atoms with van der Waals surface area (Å²) in [4.78, 5) is 15.6. The molecule has 0 rings (SSSR count). The number of nitrogens with zero attached hydrogens (tertiary/aromatic N) is 1. The zero-order chi connectivity index (χ0) is 12.8. The topological polar surface area (TPSA) is 79.5 Å². The summed E-state index contributed by atoms with van der Waals surface area (Å²) >= 11 is 0. The van der Waals surface area contributed by atoms with Crippen LogP contribution in [0, 0.1) is 11.3 Å². The first-order valence-electron chi connectivity index (χ1n) is 5.55. The number of carbonyl (C=O) groups is 1. The first-order valence-corrected chi connectivity index (χ1v) is 5.55. The molecule has 0 saturated carbocycles. The van der Waals surface area contributed by atoms with Gasteiger partial charge in [-0.1, -0.05) is 13.8 Å². The van der Waals surface area contributed by atoms with Crippen LogP contribution in [0.4, 0.5) is 0 Å². The van der Waals surface area contributed by atoms with Crippen molar-refractivity contribution >= 4 is 35.8 Å². The number of amides is 1. The van der Waals surface area contributed by atoms with E-state index in [1.165, 1.54) is 0 Å². The Hall–Kier alpha value is -0.530. The number of nitrogens with one attached hydrogen (secondary N) is 2. The van der Waals surface area contributed by atoms with Gasteiger partial charge in [0.1, 0.15) is 0 Å². The van der Waals surface area contributed by atoms with E-state index in [0.717, 1.165) is 6.54 Å². The second-order valence-electron chi connectivity index (χ2n) is 4.94. The number of hydrogen-bond acceptors (Lipinski definition) is 2. The second kappa shape index (κ2) is 8.54. The van der Waals surface area contributed by atoms with E-state index in [1.807, 2.05) is 13.8 Å². The van der Waals surface area contributed by atoms with Crippen LogP contribution in [0.25, 0.3) is 0 Å². The molecule has 4 N–H and O–H groups in total. The largest absolute Gasteiger partial charge is 0.370 e. The number of halogens is 1. The predicted octanol–water partition coefficient (Wildman–Crippen LogP) is 0.937. The SMILES string of the molecule is CNC(=O)C(C)(C)CN=C(N)NCC(C)C.I. The zero-order valence-corrected chi connectivity index (χ0v) is 13.7. The fourth-order valence-electron chi connectivity index (χ4n) is 1.06. The van der Waals surface area contributed by atoms with Gasteiger partial charge in [-0.05, 0) is 19.8 Å². The number of nitrogens with two attached hydrogens (primary N) is 1. The van der Waals surface area contributed by atoms with Gasteiger partial charge in [-0.3, -0.25) is 9.79 Å². The Morgan fingerprint density at radius 1 is 1.41 bits per heavy atom. The Bertz CT molecular complexity index is 264. The van der Waals surface area contributed by atoms with Gasteiger partial charge in [-0.25, -0.2) is 0 Å². The summed E-state index contributed by atoms with van der Waals surface area (Å²) < 4.78 is 0. The molecule has 0 saturated heterocycles. The molecule has 6 heteroatoms. The Kier molecular flexibility index (Phi) is 9.46. The first-order chi connectivity index (χ1) is 7.29. The standard InChI is InChI=1S/C11H24N4O.HI/c1-8(2)6-14-10(12)15-7-11(3,4)9(16)13-5;/h8H,6-7H2,1-5H3,(H,13,16)(H3,12,14,15);1H. The quantitative estimate of drug-likeness (QED) is 0.390. The van der Waals surface area contributed by atoms with Crippen LogP contribution in [0.3, 0.4) is 0 Å². The molecule has 0 radical (unpaired) electrons. The lowest BCUT2D eigenvalue weighted by atomic mass is 9.93. The number of rotatable bonds is 5. The molecule has 0 heterocycles. The molecule has 0 spiro atoms. The van der Waals surface area contributed by atoms with Gasteiger partial charge in [-0.2, -0.15) is 0 Å². The summed E-state index contributed by atoms with van der Waals surface area (Å²) in [6, 6.07) is 0. The van der Waals surface area contributed by atoms with Gasteiger partial charge in [0.15, 0.2) is 5.96 Å². The van der Waals surface area contributed by atoms with Gasteiger partial charge in [-0.15, -0.1) is 24.0 Å². The maximum atomic E-state index is 11.5. The molecule has 0 aromatic carbocycles. The van der Waals surface area contributed by atoms with E-state index in [-0.39, 0.29) is 29.9 Å². The van der Waals surface area contributed by atoms with Crippen molar-refractivity contribution in [1.82, 2.24) is 10.6 Å². The minimum absolute atomic E-state index is 0. The van der Waals surface area contributed by atoms with Gasteiger partial charge < -0.3 is 16.4 Å². The summed E-state index contributed by atoms with van der Waals surface area (Å²) in [5, 5.41) is 5.62. The van der Waals surface area contributed by atoms with Crippen molar-refractivity contribution in [3.8, 4) is 0 Å². The van der Waals surface area contributed by atoms with E-state index in [0.29, 0.717) is 18.4 Å². The average molecular weight is 356 g/mol. The first kappa shape index (κ1) is 18.8. The second-order valence-corrected chi connectivity index (χ2v) is 4.94. The Labute approximate surface area is 121 Å². The molecular weight excluding hydrogens is 331 g/mol. The fourth-order valence-corrected chi connectivity index (χ4v) is 1.06. The molecule has 0 aliphatic rings. The highest BCUT2D eigenvalue weighted by Gasteiger charge is 2.26. The summed E-state index contributed by atoms with van der Waals surface area (Å²) in [7, 11) is 1.62. The van der Waals surface area contributed by atoms with Gasteiger partial charge >= 0.3 is 0 Å². The molecule has 0 aliphatic heterocycles. The molecule has 0 atom stereocenters. The van der Waals surface area contributed by atoms with E-state index in [4.69, 9.17) is 5.73 Å². The molecule has 17 heavy (non-hydrogen) atoms. The third kappa shape index (κ3) is 8.23. The highest BCUT2D eigenvalue weighted by Crippen LogP contribution is 2.14. The summed E-state index contributed by atoms with van der Waals surface area (Å²) in [6.07, 6.45) is 0. The Morgan fingerprint density at radius 2 is 1.94 bits per heavy atom. The molecule has 0 aliphatic carbocycles. The number of carbonyl (C=O) groups excluding carboxylic acids is 1. The summed E-state index contributed by atoms with van der Waals surface area (Å²) in [5.74, 6) is 0.874. The van der Waals surface area contributed by atoms with E-state index >= 15 is 0 Å². The van der Waals surface area contributed by atoms with Crippen LogP contribution in [0.15, 0.2) is 4.99 Å². The molecule has 0 aromatic rings. The normalized spacial score (nSPS) is 12.0. The van der Waals surface area contributed by atoms with E-state index in [9.17, 15) is 4.79 Å². The zero-order valence-electron chi connectivity index (χ0n) is 11.3. The lowest BCUT2D eigenvalue weighted by Gasteiger charge is -2.20. The Morgan fingerprint density at radius 3 is 2.35 bits per heavy atom. The van der Waals surface area contributed by atoms with Crippen molar-refractivity contribution in [2.24, 2.45) is 22.1 Å². The van der Waals surface area contributed by atoms with Crippen molar-refractivity contribution in [2.75, 3.05) is 20.1 Å². The van der Waals surface area contributed by atoms with Gasteiger partial charge in [0.25, 0.3) is 0 Å². The fraction of sp³-hybridized carbons (Fsp3) is 0.818. The molecule has 0 unspecified atom stereocenters. The van der Waals surface area contributed by atoms with Crippen LogP contribution in [-0.4, -0.2) is 32.0 Å². The van der Waals surface area contributed by atoms with Gasteiger partial charge in [0.2, 0.25) is 5.91 Å². The summed E-state index contributed by atoms with van der Waals surface area (Å²) in [6.45, 7) is 9.03. The van der Waals surface area contributed by atoms with Crippen LogP contribution in [-0.2, 0) is 4.79 Å². The Balaban J connectivity index is 0. The lowest BCUT2D eigenvalue weighted by Crippen LogP contribution is -2.39. The molecule has 102 valence electrons. The van der Waals surface area contributed by atoms with Crippen molar-refractivity contribution in [1.29, 1.82) is 0 Å². The van der Waals surface area contributed by atoms with Gasteiger partial charge in [0.05, 0.1) is 12.0 Å². The molecule has 5 nitrogen and oxygen atoms in total. The maximum absolute atomic E-state index is 11.5. The number of aliphatic imine (C=N–C) groups is 1. The maximum Gasteiger partial charge on any atom is 0.227 e. The predicted molar refractivity (Wildman–Crippen MR) is 82.6 cm³/mol. The molecule has 1 amide bonds. The van der Waals surface area contributed by atoms with E-state index < -0.39 is 5.41 Å². The highest BCUT2D eigenvalue weighted by atomic mass is 127. The highest BCUT2D eigenvalue weighted by molar-refractivity contribution is 14.0.